The van der Waals surface area contributed by atoms with Crippen LogP contribution in [0.25, 0.3) is 0 Å². The van der Waals surface area contributed by atoms with Crippen molar-refractivity contribution in [2.75, 3.05) is 6.61 Å². The van der Waals surface area contributed by atoms with Gasteiger partial charge in [0, 0.05) is 0 Å². The fourth-order valence-electron chi connectivity index (χ4n) is 1.36. The van der Waals surface area contributed by atoms with Crippen LogP contribution in [0.1, 0.15) is 6.92 Å². The molecular weight excluding hydrogens is 163 g/mol. The molecule has 0 radical (unpaired) electrons. The Labute approximate surface area is 70.5 Å². The van der Waals surface area contributed by atoms with Crippen molar-refractivity contribution in [2.24, 2.45) is 0 Å². The topological polar surface area (TPSA) is 49.7 Å². The number of aliphatic hydroxyl groups excluding tert-OH is 2. The fraction of sp³-hybridized carbons (Fsp3) is 0.750. The van der Waals surface area contributed by atoms with Gasteiger partial charge in [-0.25, -0.2) is 4.39 Å². The predicted molar refractivity (Wildman–Crippen MR) is 41.5 cm³/mol. The summed E-state index contributed by atoms with van der Waals surface area (Å²) in [6.45, 7) is 4.42. The summed E-state index contributed by atoms with van der Waals surface area (Å²) in [6, 6.07) is 0. The lowest BCUT2D eigenvalue weighted by Gasteiger charge is -2.24. The van der Waals surface area contributed by atoms with Crippen molar-refractivity contribution in [3.8, 4) is 0 Å². The van der Waals surface area contributed by atoms with Crippen LogP contribution in [0.15, 0.2) is 12.7 Å². The first kappa shape index (κ1) is 9.64. The van der Waals surface area contributed by atoms with Crippen molar-refractivity contribution in [3.05, 3.63) is 12.7 Å². The van der Waals surface area contributed by atoms with Crippen LogP contribution in [0, 0.1) is 0 Å². The maximum atomic E-state index is 13.3. The van der Waals surface area contributed by atoms with Crippen LogP contribution in [0.2, 0.25) is 0 Å². The summed E-state index contributed by atoms with van der Waals surface area (Å²) in [4.78, 5) is 0. The van der Waals surface area contributed by atoms with Gasteiger partial charge in [0.1, 0.15) is 11.7 Å². The van der Waals surface area contributed by atoms with Gasteiger partial charge in [0.25, 0.3) is 0 Å². The zero-order chi connectivity index (χ0) is 9.35. The Kier molecular flexibility index (Phi) is 2.51. The number of halogens is 1. The SMILES string of the molecule is C=C[C@]1(CO)O[C@@H](C)[C@H](O)[C@@H]1F. The molecule has 0 aliphatic carbocycles. The molecule has 0 aromatic rings. The van der Waals surface area contributed by atoms with Crippen LogP contribution in [0.3, 0.4) is 0 Å². The van der Waals surface area contributed by atoms with Gasteiger partial charge in [-0.3, -0.25) is 0 Å². The summed E-state index contributed by atoms with van der Waals surface area (Å²) < 4.78 is 18.4. The first-order chi connectivity index (χ1) is 5.57. The molecule has 0 aromatic carbocycles. The second-order valence-corrected chi connectivity index (χ2v) is 3.03. The van der Waals surface area contributed by atoms with E-state index in [4.69, 9.17) is 9.84 Å². The molecule has 3 nitrogen and oxygen atoms in total. The molecule has 2 N–H and O–H groups in total. The van der Waals surface area contributed by atoms with E-state index in [0.29, 0.717) is 0 Å². The summed E-state index contributed by atoms with van der Waals surface area (Å²) >= 11 is 0. The zero-order valence-corrected chi connectivity index (χ0v) is 6.90. The summed E-state index contributed by atoms with van der Waals surface area (Å²) in [5.74, 6) is 0. The molecule has 0 spiro atoms. The summed E-state index contributed by atoms with van der Waals surface area (Å²) in [6.07, 6.45) is -2.19. The van der Waals surface area contributed by atoms with Crippen molar-refractivity contribution in [2.45, 2.75) is 30.9 Å². The van der Waals surface area contributed by atoms with Crippen LogP contribution >= 0.6 is 0 Å². The molecule has 12 heavy (non-hydrogen) atoms. The van der Waals surface area contributed by atoms with E-state index in [-0.39, 0.29) is 0 Å². The van der Waals surface area contributed by atoms with Gasteiger partial charge in [0.2, 0.25) is 0 Å². The third-order valence-corrected chi connectivity index (χ3v) is 2.25. The minimum Gasteiger partial charge on any atom is -0.393 e. The Balaban J connectivity index is 2.86. The van der Waals surface area contributed by atoms with Crippen LogP contribution in [-0.4, -0.2) is 40.8 Å². The molecule has 0 amide bonds. The molecule has 1 aliphatic heterocycles. The van der Waals surface area contributed by atoms with Crippen molar-refractivity contribution >= 4 is 0 Å². The Hall–Kier alpha value is -0.450. The highest BCUT2D eigenvalue weighted by atomic mass is 19.1. The average molecular weight is 176 g/mol. The van der Waals surface area contributed by atoms with Gasteiger partial charge < -0.3 is 14.9 Å². The maximum absolute atomic E-state index is 13.3. The quantitative estimate of drug-likeness (QED) is 0.583. The monoisotopic (exact) mass is 176 g/mol. The molecular formula is C8H13FO3. The van der Waals surface area contributed by atoms with E-state index < -0.39 is 30.6 Å². The summed E-state index contributed by atoms with van der Waals surface area (Å²) in [5, 5.41) is 18.1. The lowest BCUT2D eigenvalue weighted by Crippen LogP contribution is -2.41. The fourth-order valence-corrected chi connectivity index (χ4v) is 1.36. The van der Waals surface area contributed by atoms with Gasteiger partial charge in [-0.15, -0.1) is 6.58 Å². The standard InChI is InChI=1S/C8H13FO3/c1-3-8(4-10)7(9)6(11)5(2)12-8/h3,5-7,10-11H,1,4H2,2H3/t5-,6-,7-,8+/m0/s1. The number of hydrogen-bond acceptors (Lipinski definition) is 3. The zero-order valence-electron chi connectivity index (χ0n) is 6.90. The van der Waals surface area contributed by atoms with E-state index in [9.17, 15) is 9.50 Å². The Morgan fingerprint density at radius 3 is 2.50 bits per heavy atom. The highest BCUT2D eigenvalue weighted by Crippen LogP contribution is 2.33. The number of hydrogen-bond donors (Lipinski definition) is 2. The second-order valence-electron chi connectivity index (χ2n) is 3.03. The first-order valence-corrected chi connectivity index (χ1v) is 3.82. The molecule has 1 aliphatic rings. The number of rotatable bonds is 2. The Morgan fingerprint density at radius 2 is 2.33 bits per heavy atom. The van der Waals surface area contributed by atoms with E-state index in [2.05, 4.69) is 6.58 Å². The van der Waals surface area contributed by atoms with Crippen LogP contribution in [0.5, 0.6) is 0 Å². The molecule has 1 fully saturated rings. The summed E-state index contributed by atoms with van der Waals surface area (Å²) in [5.41, 5.74) is -1.42. The van der Waals surface area contributed by atoms with Gasteiger partial charge in [-0.05, 0) is 6.92 Å². The van der Waals surface area contributed by atoms with Crippen molar-refractivity contribution in [3.63, 3.8) is 0 Å². The predicted octanol–water partition coefficient (Wildman–Crippen LogP) is 0.0212. The minimum absolute atomic E-state index is 0.501. The molecule has 0 saturated carbocycles. The molecule has 1 rings (SSSR count). The van der Waals surface area contributed by atoms with Crippen LogP contribution < -0.4 is 0 Å². The molecule has 0 unspecified atom stereocenters. The molecule has 4 heteroatoms. The number of alkyl halides is 1. The third kappa shape index (κ3) is 1.16. The first-order valence-electron chi connectivity index (χ1n) is 3.82. The van der Waals surface area contributed by atoms with Gasteiger partial charge in [-0.1, -0.05) is 6.08 Å². The lowest BCUT2D eigenvalue weighted by atomic mass is 9.97. The molecule has 4 atom stereocenters. The lowest BCUT2D eigenvalue weighted by molar-refractivity contribution is -0.0572. The van der Waals surface area contributed by atoms with Crippen molar-refractivity contribution in [1.82, 2.24) is 0 Å². The van der Waals surface area contributed by atoms with Gasteiger partial charge in [0.05, 0.1) is 12.7 Å². The van der Waals surface area contributed by atoms with Crippen LogP contribution in [-0.2, 0) is 4.74 Å². The normalized spacial score (nSPS) is 47.8. The highest BCUT2D eigenvalue weighted by molar-refractivity contribution is 5.10. The third-order valence-electron chi connectivity index (χ3n) is 2.25. The molecule has 1 heterocycles. The molecule has 1 saturated heterocycles. The molecule has 0 aromatic heterocycles. The van der Waals surface area contributed by atoms with Gasteiger partial charge in [-0.2, -0.15) is 0 Å². The molecule has 0 bridgehead atoms. The number of ether oxygens (including phenoxy) is 1. The Morgan fingerprint density at radius 1 is 1.75 bits per heavy atom. The second kappa shape index (κ2) is 3.12. The average Bonchev–Trinajstić information content (AvgIpc) is 2.30. The van der Waals surface area contributed by atoms with Crippen molar-refractivity contribution < 1.29 is 19.3 Å². The highest BCUT2D eigenvalue weighted by Gasteiger charge is 2.51. The van der Waals surface area contributed by atoms with Crippen LogP contribution in [0.4, 0.5) is 4.39 Å². The van der Waals surface area contributed by atoms with E-state index in [1.165, 1.54) is 6.08 Å². The maximum Gasteiger partial charge on any atom is 0.163 e. The van der Waals surface area contributed by atoms with Crippen molar-refractivity contribution in [1.29, 1.82) is 0 Å². The Bertz CT molecular complexity index is 185. The van der Waals surface area contributed by atoms with E-state index in [1.807, 2.05) is 0 Å². The van der Waals surface area contributed by atoms with E-state index in [0.717, 1.165) is 0 Å². The molecule has 70 valence electrons. The van der Waals surface area contributed by atoms with Gasteiger partial charge in [0.15, 0.2) is 6.17 Å². The minimum atomic E-state index is -1.60. The smallest absolute Gasteiger partial charge is 0.163 e. The van der Waals surface area contributed by atoms with E-state index >= 15 is 0 Å². The van der Waals surface area contributed by atoms with Gasteiger partial charge >= 0.3 is 0 Å². The number of aliphatic hydroxyl groups is 2. The largest absolute Gasteiger partial charge is 0.393 e. The van der Waals surface area contributed by atoms with E-state index in [1.54, 1.807) is 6.92 Å². The summed E-state index contributed by atoms with van der Waals surface area (Å²) in [7, 11) is 0.